The monoisotopic (exact) mass is 409 g/mol. The molecule has 1 unspecified atom stereocenters. The second-order valence-corrected chi connectivity index (χ2v) is 7.63. The maximum atomic E-state index is 13.7. The predicted octanol–water partition coefficient (Wildman–Crippen LogP) is 4.57. The van der Waals surface area contributed by atoms with Crippen molar-refractivity contribution in [2.24, 2.45) is 7.05 Å². The van der Waals surface area contributed by atoms with Gasteiger partial charge in [-0.15, -0.1) is 0 Å². The first-order valence-corrected chi connectivity index (χ1v) is 10.1. The first-order valence-electron chi connectivity index (χ1n) is 10.1. The molecule has 0 saturated carbocycles. The Kier molecular flexibility index (Phi) is 3.86. The van der Waals surface area contributed by atoms with Crippen LogP contribution in [0.15, 0.2) is 78.9 Å². The highest BCUT2D eigenvalue weighted by atomic mass is 16.7. The number of benzene rings is 3. The summed E-state index contributed by atoms with van der Waals surface area (Å²) in [6, 6.07) is 25.3. The number of ether oxygens (including phenoxy) is 2. The number of carbonyl (C=O) groups is 1. The van der Waals surface area contributed by atoms with Crippen LogP contribution in [0.5, 0.6) is 11.5 Å². The quantitative estimate of drug-likeness (QED) is 0.498. The number of rotatable bonds is 3. The number of carbonyl (C=O) groups excluding carboxylic acids is 1. The molecule has 2 aliphatic heterocycles. The Morgan fingerprint density at radius 1 is 0.903 bits per heavy atom. The molecule has 0 saturated heterocycles. The van der Waals surface area contributed by atoms with E-state index in [1.54, 1.807) is 4.68 Å². The molecule has 6 nitrogen and oxygen atoms in total. The molecule has 2 aliphatic rings. The molecule has 1 atom stereocenters. The fraction of sp³-hybridized carbons (Fsp3) is 0.120. The van der Waals surface area contributed by atoms with E-state index in [2.05, 4.69) is 0 Å². The molecular weight excluding hydrogens is 390 g/mol. The van der Waals surface area contributed by atoms with Crippen LogP contribution in [0.3, 0.4) is 0 Å². The summed E-state index contributed by atoms with van der Waals surface area (Å²) in [6.07, 6.45) is 0. The summed E-state index contributed by atoms with van der Waals surface area (Å²) >= 11 is 0. The Morgan fingerprint density at radius 2 is 1.61 bits per heavy atom. The second kappa shape index (κ2) is 6.74. The highest BCUT2D eigenvalue weighted by Crippen LogP contribution is 2.47. The molecule has 6 rings (SSSR count). The Morgan fingerprint density at radius 3 is 2.39 bits per heavy atom. The van der Waals surface area contributed by atoms with Crippen LogP contribution < -0.4 is 14.4 Å². The van der Waals surface area contributed by atoms with Crippen LogP contribution in [0, 0.1) is 0 Å². The number of fused-ring (bicyclic) bond motifs is 2. The predicted molar refractivity (Wildman–Crippen MR) is 116 cm³/mol. The summed E-state index contributed by atoms with van der Waals surface area (Å²) in [5.74, 6) is 1.34. The van der Waals surface area contributed by atoms with Gasteiger partial charge in [0.25, 0.3) is 5.91 Å². The fourth-order valence-corrected chi connectivity index (χ4v) is 4.48. The number of aromatic nitrogens is 2. The Labute approximate surface area is 179 Å². The van der Waals surface area contributed by atoms with Gasteiger partial charge in [0.15, 0.2) is 11.5 Å². The number of anilines is 1. The largest absolute Gasteiger partial charge is 0.454 e. The fourth-order valence-electron chi connectivity index (χ4n) is 4.48. The molecule has 152 valence electrons. The van der Waals surface area contributed by atoms with Crippen molar-refractivity contribution < 1.29 is 14.3 Å². The van der Waals surface area contributed by atoms with Gasteiger partial charge in [0, 0.05) is 23.9 Å². The van der Waals surface area contributed by atoms with Crippen LogP contribution in [0.4, 0.5) is 5.69 Å². The average molecular weight is 409 g/mol. The van der Waals surface area contributed by atoms with Crippen molar-refractivity contribution in [2.45, 2.75) is 6.04 Å². The Balaban J connectivity index is 1.60. The maximum Gasteiger partial charge on any atom is 0.277 e. The van der Waals surface area contributed by atoms with E-state index in [9.17, 15) is 4.79 Å². The zero-order chi connectivity index (χ0) is 20.9. The third-order valence-electron chi connectivity index (χ3n) is 5.83. The third-order valence-corrected chi connectivity index (χ3v) is 5.83. The lowest BCUT2D eigenvalue weighted by molar-refractivity contribution is 0.0985. The zero-order valence-electron chi connectivity index (χ0n) is 16.9. The van der Waals surface area contributed by atoms with E-state index in [0.717, 1.165) is 28.1 Å². The molecule has 1 aromatic heterocycles. The summed E-state index contributed by atoms with van der Waals surface area (Å²) < 4.78 is 12.8. The minimum absolute atomic E-state index is 0.0685. The van der Waals surface area contributed by atoms with Crippen molar-refractivity contribution in [1.29, 1.82) is 0 Å². The van der Waals surface area contributed by atoms with E-state index in [4.69, 9.17) is 14.6 Å². The number of hydrogen-bond donors (Lipinski definition) is 0. The van der Waals surface area contributed by atoms with Gasteiger partial charge in [-0.25, -0.2) is 0 Å². The molecule has 4 aromatic rings. The van der Waals surface area contributed by atoms with E-state index >= 15 is 0 Å². The van der Waals surface area contributed by atoms with Gasteiger partial charge in [-0.2, -0.15) is 5.10 Å². The van der Waals surface area contributed by atoms with Gasteiger partial charge in [0.1, 0.15) is 5.69 Å². The van der Waals surface area contributed by atoms with Gasteiger partial charge in [0.05, 0.1) is 11.7 Å². The number of para-hydroxylation sites is 1. The summed E-state index contributed by atoms with van der Waals surface area (Å²) in [4.78, 5) is 15.5. The normalized spacial score (nSPS) is 16.6. The minimum Gasteiger partial charge on any atom is -0.454 e. The zero-order valence-corrected chi connectivity index (χ0v) is 16.9. The van der Waals surface area contributed by atoms with Gasteiger partial charge in [-0.3, -0.25) is 14.4 Å². The molecule has 0 radical (unpaired) electrons. The SMILES string of the molecule is Cn1nc(-c2ccccc2)c2c1C(=O)N(c1ccccc1)C2c1ccc2c(c1)OCO2. The standard InChI is InChI=1S/C25H19N3O3/c1-27-24-21(22(26-27)16-8-4-2-5-9-16)23(17-12-13-19-20(14-17)31-15-30-19)28(25(24)29)18-10-6-3-7-11-18/h2-14,23H,15H2,1H3. The van der Waals surface area contributed by atoms with Crippen molar-refractivity contribution in [2.75, 3.05) is 11.7 Å². The van der Waals surface area contributed by atoms with Crippen molar-refractivity contribution in [1.82, 2.24) is 9.78 Å². The van der Waals surface area contributed by atoms with Crippen LogP contribution in [0.2, 0.25) is 0 Å². The van der Waals surface area contributed by atoms with Gasteiger partial charge in [-0.1, -0.05) is 54.6 Å². The van der Waals surface area contributed by atoms with Crippen LogP contribution in [0.25, 0.3) is 11.3 Å². The number of nitrogens with zero attached hydrogens (tertiary/aromatic N) is 3. The molecular formula is C25H19N3O3. The molecule has 3 heterocycles. The molecule has 3 aromatic carbocycles. The third kappa shape index (κ3) is 2.65. The van der Waals surface area contributed by atoms with E-state index in [-0.39, 0.29) is 18.7 Å². The summed E-state index contributed by atoms with van der Waals surface area (Å²) in [7, 11) is 1.83. The van der Waals surface area contributed by atoms with Crippen LogP contribution >= 0.6 is 0 Å². The van der Waals surface area contributed by atoms with Gasteiger partial charge >= 0.3 is 0 Å². The molecule has 0 fully saturated rings. The average Bonchev–Trinajstić information content (AvgIpc) is 3.49. The van der Waals surface area contributed by atoms with E-state index in [1.165, 1.54) is 0 Å². The van der Waals surface area contributed by atoms with Crippen molar-refractivity contribution in [3.8, 4) is 22.8 Å². The Hall–Kier alpha value is -4.06. The topological polar surface area (TPSA) is 56.6 Å². The lowest BCUT2D eigenvalue weighted by atomic mass is 9.95. The molecule has 0 spiro atoms. The lowest BCUT2D eigenvalue weighted by Crippen LogP contribution is -2.30. The lowest BCUT2D eigenvalue weighted by Gasteiger charge is -2.26. The second-order valence-electron chi connectivity index (χ2n) is 7.63. The smallest absolute Gasteiger partial charge is 0.277 e. The van der Waals surface area contributed by atoms with Crippen LogP contribution in [-0.4, -0.2) is 22.5 Å². The summed E-state index contributed by atoms with van der Waals surface area (Å²) in [5.41, 5.74) is 5.09. The van der Waals surface area contributed by atoms with Crippen molar-refractivity contribution in [3.63, 3.8) is 0 Å². The van der Waals surface area contributed by atoms with E-state index in [1.807, 2.05) is 90.8 Å². The molecule has 31 heavy (non-hydrogen) atoms. The summed E-state index contributed by atoms with van der Waals surface area (Å²) in [6.45, 7) is 0.207. The van der Waals surface area contributed by atoms with Gasteiger partial charge in [-0.05, 0) is 29.8 Å². The summed E-state index contributed by atoms with van der Waals surface area (Å²) in [5, 5.41) is 4.74. The van der Waals surface area contributed by atoms with Crippen molar-refractivity contribution >= 4 is 11.6 Å². The molecule has 0 N–H and O–H groups in total. The highest BCUT2D eigenvalue weighted by molar-refractivity contribution is 6.12. The molecule has 0 bridgehead atoms. The molecule has 0 aliphatic carbocycles. The number of aryl methyl sites for hydroxylation is 1. The number of hydrogen-bond acceptors (Lipinski definition) is 4. The highest BCUT2D eigenvalue weighted by Gasteiger charge is 2.44. The van der Waals surface area contributed by atoms with Crippen LogP contribution in [-0.2, 0) is 7.05 Å². The van der Waals surface area contributed by atoms with Crippen LogP contribution in [0.1, 0.15) is 27.7 Å². The first kappa shape index (κ1) is 17.8. The van der Waals surface area contributed by atoms with Gasteiger partial charge in [0.2, 0.25) is 6.79 Å². The van der Waals surface area contributed by atoms with E-state index in [0.29, 0.717) is 17.2 Å². The molecule has 1 amide bonds. The number of amides is 1. The first-order chi connectivity index (χ1) is 15.2. The molecule has 6 heteroatoms. The van der Waals surface area contributed by atoms with Gasteiger partial charge < -0.3 is 9.47 Å². The van der Waals surface area contributed by atoms with E-state index < -0.39 is 0 Å². The van der Waals surface area contributed by atoms with Crippen molar-refractivity contribution in [3.05, 3.63) is 95.7 Å². The maximum absolute atomic E-state index is 13.7. The minimum atomic E-state index is -0.330. The Bertz CT molecular complexity index is 1300.